The van der Waals surface area contributed by atoms with Gasteiger partial charge in [0.15, 0.2) is 6.61 Å². The predicted octanol–water partition coefficient (Wildman–Crippen LogP) is 3.69. The van der Waals surface area contributed by atoms with E-state index in [1.807, 2.05) is 60.7 Å². The van der Waals surface area contributed by atoms with Gasteiger partial charge < -0.3 is 9.15 Å². The summed E-state index contributed by atoms with van der Waals surface area (Å²) in [5.74, 6) is -1.39. The fraction of sp³-hybridized carbons (Fsp3) is 0.115. The molecule has 34 heavy (non-hydrogen) atoms. The van der Waals surface area contributed by atoms with Gasteiger partial charge in [0.1, 0.15) is 6.04 Å². The third-order valence-corrected chi connectivity index (χ3v) is 5.51. The van der Waals surface area contributed by atoms with Crippen LogP contribution in [0.2, 0.25) is 0 Å². The fourth-order valence-electron chi connectivity index (χ4n) is 3.85. The summed E-state index contributed by atoms with van der Waals surface area (Å²) >= 11 is 0. The molecule has 0 N–H and O–H groups in total. The van der Waals surface area contributed by atoms with Crippen LogP contribution in [0, 0.1) is 0 Å². The van der Waals surface area contributed by atoms with Gasteiger partial charge >= 0.3 is 5.97 Å². The quantitative estimate of drug-likeness (QED) is 0.311. The first-order chi connectivity index (χ1) is 16.6. The normalized spacial score (nSPS) is 13.6. The number of hydrogen-bond acceptors (Lipinski definition) is 7. The van der Waals surface area contributed by atoms with Crippen LogP contribution in [-0.4, -0.2) is 38.9 Å². The summed E-state index contributed by atoms with van der Waals surface area (Å²) in [4.78, 5) is 40.2. The van der Waals surface area contributed by atoms with Gasteiger partial charge in [0.05, 0.1) is 11.1 Å². The Morgan fingerprint density at radius 3 is 2.06 bits per heavy atom. The van der Waals surface area contributed by atoms with Crippen LogP contribution in [0.1, 0.15) is 32.2 Å². The number of aromatic nitrogens is 2. The van der Waals surface area contributed by atoms with Crippen molar-refractivity contribution >= 4 is 17.8 Å². The smallest absolute Gasteiger partial charge is 0.330 e. The van der Waals surface area contributed by atoms with E-state index in [1.54, 1.807) is 24.3 Å². The number of benzene rings is 3. The number of esters is 1. The summed E-state index contributed by atoms with van der Waals surface area (Å²) in [7, 11) is 0. The Bertz CT molecular complexity index is 1320. The van der Waals surface area contributed by atoms with E-state index in [9.17, 15) is 14.4 Å². The summed E-state index contributed by atoms with van der Waals surface area (Å²) in [6.07, 6.45) is 0.115. The molecular formula is C26H19N3O5. The number of carbonyl (C=O) groups is 3. The van der Waals surface area contributed by atoms with Gasteiger partial charge in [-0.1, -0.05) is 60.7 Å². The SMILES string of the molecule is O=C(OCc1nnc(-c2ccccc2)o1)[C@H](Cc1ccccc1)N1C(=O)c2ccccc2C1=O. The molecule has 0 radical (unpaired) electrons. The first-order valence-electron chi connectivity index (χ1n) is 10.7. The van der Waals surface area contributed by atoms with Crippen LogP contribution in [0.3, 0.4) is 0 Å². The summed E-state index contributed by atoms with van der Waals surface area (Å²) in [5, 5.41) is 7.91. The maximum absolute atomic E-state index is 13.2. The second-order valence-corrected chi connectivity index (χ2v) is 7.71. The molecule has 0 spiro atoms. The van der Waals surface area contributed by atoms with Gasteiger partial charge in [-0.25, -0.2) is 4.79 Å². The van der Waals surface area contributed by atoms with Gasteiger partial charge in [-0.2, -0.15) is 0 Å². The van der Waals surface area contributed by atoms with E-state index in [0.29, 0.717) is 5.89 Å². The highest BCUT2D eigenvalue weighted by atomic mass is 16.5. The molecule has 5 rings (SSSR count). The van der Waals surface area contributed by atoms with Crippen LogP contribution in [-0.2, 0) is 22.6 Å². The van der Waals surface area contributed by atoms with Gasteiger partial charge in [0.25, 0.3) is 17.7 Å². The summed E-state index contributed by atoms with van der Waals surface area (Å²) in [6.45, 7) is -0.285. The minimum Gasteiger partial charge on any atom is -0.454 e. The van der Waals surface area contributed by atoms with Crippen molar-refractivity contribution in [3.8, 4) is 11.5 Å². The van der Waals surface area contributed by atoms with Crippen molar-refractivity contribution in [2.75, 3.05) is 0 Å². The second kappa shape index (κ2) is 9.11. The Kier molecular flexibility index (Phi) is 5.70. The molecular weight excluding hydrogens is 434 g/mol. The average Bonchev–Trinajstić information content (AvgIpc) is 3.46. The van der Waals surface area contributed by atoms with Crippen molar-refractivity contribution in [2.45, 2.75) is 19.1 Å². The van der Waals surface area contributed by atoms with Crippen molar-refractivity contribution in [1.82, 2.24) is 15.1 Å². The molecule has 168 valence electrons. The molecule has 1 aromatic heterocycles. The zero-order chi connectivity index (χ0) is 23.5. The van der Waals surface area contributed by atoms with Crippen LogP contribution in [0.25, 0.3) is 11.5 Å². The van der Waals surface area contributed by atoms with E-state index in [4.69, 9.17) is 9.15 Å². The first-order valence-corrected chi connectivity index (χ1v) is 10.7. The lowest BCUT2D eigenvalue weighted by Gasteiger charge is -2.24. The Hall–Kier alpha value is -4.59. The summed E-state index contributed by atoms with van der Waals surface area (Å²) < 4.78 is 11.0. The van der Waals surface area contributed by atoms with Crippen LogP contribution >= 0.6 is 0 Å². The highest BCUT2D eigenvalue weighted by molar-refractivity contribution is 6.22. The standard InChI is InChI=1S/C26H19N3O5/c30-24-19-13-7-8-14-20(19)25(31)29(24)21(15-17-9-3-1-4-10-17)26(32)33-16-22-27-28-23(34-22)18-11-5-2-6-12-18/h1-14,21H,15-16H2/t21-/m0/s1. The molecule has 1 aliphatic rings. The Balaban J connectivity index is 1.37. The van der Waals surface area contributed by atoms with E-state index < -0.39 is 23.8 Å². The number of imide groups is 1. The molecule has 0 bridgehead atoms. The third-order valence-electron chi connectivity index (χ3n) is 5.51. The molecule has 8 nitrogen and oxygen atoms in total. The first kappa shape index (κ1) is 21.3. The van der Waals surface area contributed by atoms with E-state index in [1.165, 1.54) is 0 Å². The molecule has 1 atom stereocenters. The van der Waals surface area contributed by atoms with Crippen LogP contribution in [0.4, 0.5) is 0 Å². The van der Waals surface area contributed by atoms with Crippen LogP contribution in [0.15, 0.2) is 89.3 Å². The average molecular weight is 453 g/mol. The number of rotatable bonds is 7. The topological polar surface area (TPSA) is 103 Å². The predicted molar refractivity (Wildman–Crippen MR) is 120 cm³/mol. The zero-order valence-corrected chi connectivity index (χ0v) is 18.0. The number of carbonyl (C=O) groups excluding carboxylic acids is 3. The van der Waals surface area contributed by atoms with Gasteiger partial charge in [-0.3, -0.25) is 14.5 Å². The monoisotopic (exact) mass is 453 g/mol. The van der Waals surface area contributed by atoms with E-state index >= 15 is 0 Å². The van der Waals surface area contributed by atoms with Crippen molar-refractivity contribution in [2.24, 2.45) is 0 Å². The molecule has 0 saturated heterocycles. The number of fused-ring (bicyclic) bond motifs is 1. The lowest BCUT2D eigenvalue weighted by molar-refractivity contribution is -0.150. The number of ether oxygens (including phenoxy) is 1. The lowest BCUT2D eigenvalue weighted by Crippen LogP contribution is -2.47. The highest BCUT2D eigenvalue weighted by Gasteiger charge is 2.43. The molecule has 0 aliphatic carbocycles. The molecule has 4 aromatic rings. The van der Waals surface area contributed by atoms with Gasteiger partial charge in [-0.15, -0.1) is 10.2 Å². The van der Waals surface area contributed by atoms with E-state index in [-0.39, 0.29) is 30.0 Å². The van der Waals surface area contributed by atoms with Gasteiger partial charge in [0, 0.05) is 12.0 Å². The van der Waals surface area contributed by atoms with E-state index in [2.05, 4.69) is 10.2 Å². The maximum atomic E-state index is 13.2. The molecule has 2 heterocycles. The largest absolute Gasteiger partial charge is 0.454 e. The zero-order valence-electron chi connectivity index (χ0n) is 18.0. The highest BCUT2D eigenvalue weighted by Crippen LogP contribution is 2.27. The van der Waals surface area contributed by atoms with Gasteiger partial charge in [0.2, 0.25) is 5.89 Å². The third kappa shape index (κ3) is 4.09. The van der Waals surface area contributed by atoms with Crippen molar-refractivity contribution in [3.05, 3.63) is 108 Å². The van der Waals surface area contributed by atoms with Crippen LogP contribution in [0.5, 0.6) is 0 Å². The van der Waals surface area contributed by atoms with Crippen molar-refractivity contribution in [3.63, 3.8) is 0 Å². The Morgan fingerprint density at radius 2 is 1.41 bits per heavy atom. The number of nitrogens with zero attached hydrogens (tertiary/aromatic N) is 3. The molecule has 8 heteroatoms. The number of amides is 2. The molecule has 0 unspecified atom stereocenters. The van der Waals surface area contributed by atoms with Crippen LogP contribution < -0.4 is 0 Å². The minimum absolute atomic E-state index is 0.105. The molecule has 1 aliphatic heterocycles. The van der Waals surface area contributed by atoms with Crippen molar-refractivity contribution in [1.29, 1.82) is 0 Å². The summed E-state index contributed by atoms with van der Waals surface area (Å²) in [6, 6.07) is 23.7. The Labute approximate surface area is 194 Å². The van der Waals surface area contributed by atoms with Gasteiger partial charge in [-0.05, 0) is 29.8 Å². The maximum Gasteiger partial charge on any atom is 0.330 e. The van der Waals surface area contributed by atoms with Crippen molar-refractivity contribution < 1.29 is 23.5 Å². The van der Waals surface area contributed by atoms with E-state index in [0.717, 1.165) is 16.0 Å². The number of hydrogen-bond donors (Lipinski definition) is 0. The second-order valence-electron chi connectivity index (χ2n) is 7.71. The molecule has 0 saturated carbocycles. The lowest BCUT2D eigenvalue weighted by atomic mass is 10.0. The fourth-order valence-corrected chi connectivity index (χ4v) is 3.85. The molecule has 0 fully saturated rings. The minimum atomic E-state index is -1.15. The Morgan fingerprint density at radius 1 is 0.824 bits per heavy atom. The molecule has 2 amide bonds. The summed E-state index contributed by atoms with van der Waals surface area (Å²) in [5.41, 5.74) is 2.05. The molecule has 3 aromatic carbocycles.